The minimum absolute atomic E-state index is 0.917. The second-order valence-electron chi connectivity index (χ2n) is 5.27. The third-order valence-electron chi connectivity index (χ3n) is 3.74. The first-order chi connectivity index (χ1) is 11.4. The maximum Gasteiger partial charge on any atom is 0.0949 e. The minimum atomic E-state index is 0.917. The van der Waals surface area contributed by atoms with Crippen molar-refractivity contribution < 1.29 is 0 Å². The lowest BCUT2D eigenvalue weighted by Crippen LogP contribution is -1.98. The Bertz CT molecular complexity index is 841. The zero-order valence-corrected chi connectivity index (χ0v) is 12.5. The third kappa shape index (κ3) is 2.64. The van der Waals surface area contributed by atoms with E-state index in [1.165, 1.54) is 0 Å². The van der Waals surface area contributed by atoms with Crippen LogP contribution in [-0.4, -0.2) is 14.8 Å². The first kappa shape index (κ1) is 13.5. The topological polar surface area (TPSA) is 30.7 Å². The van der Waals surface area contributed by atoms with Crippen LogP contribution in [-0.2, 0) is 0 Å². The summed E-state index contributed by atoms with van der Waals surface area (Å²) in [6.07, 6.45) is 3.61. The van der Waals surface area contributed by atoms with Crippen molar-refractivity contribution >= 4 is 0 Å². The summed E-state index contributed by atoms with van der Waals surface area (Å²) in [5.74, 6) is 0. The summed E-state index contributed by atoms with van der Waals surface area (Å²) in [5.41, 5.74) is 5.18. The molecule has 0 aliphatic heterocycles. The van der Waals surface area contributed by atoms with Crippen LogP contribution in [0.5, 0.6) is 0 Å². The van der Waals surface area contributed by atoms with Crippen molar-refractivity contribution in [2.45, 2.75) is 0 Å². The lowest BCUT2D eigenvalue weighted by Gasteiger charge is -2.07. The Labute approximate surface area is 134 Å². The smallest absolute Gasteiger partial charge is 0.0949 e. The molecular weight excluding hydrogens is 282 g/mol. The van der Waals surface area contributed by atoms with Crippen LogP contribution in [0.3, 0.4) is 0 Å². The van der Waals surface area contributed by atoms with E-state index in [1.807, 2.05) is 59.4 Å². The van der Waals surface area contributed by atoms with Gasteiger partial charge in [-0.15, -0.1) is 0 Å². The molecule has 0 unspecified atom stereocenters. The Hall–Kier alpha value is -3.20. The molecule has 0 spiro atoms. The van der Waals surface area contributed by atoms with Crippen molar-refractivity contribution in [2.75, 3.05) is 0 Å². The number of hydrogen-bond donors (Lipinski definition) is 0. The Balaban J connectivity index is 1.91. The van der Waals surface area contributed by atoms with Gasteiger partial charge in [0.2, 0.25) is 0 Å². The maximum absolute atomic E-state index is 4.80. The Morgan fingerprint density at radius 3 is 2.09 bits per heavy atom. The molecule has 3 heteroatoms. The highest BCUT2D eigenvalue weighted by Gasteiger charge is 2.12. The molecule has 23 heavy (non-hydrogen) atoms. The number of para-hydroxylation sites is 1. The molecule has 0 atom stereocenters. The van der Waals surface area contributed by atoms with Gasteiger partial charge in [0, 0.05) is 23.5 Å². The first-order valence-corrected chi connectivity index (χ1v) is 7.53. The molecule has 110 valence electrons. The first-order valence-electron chi connectivity index (χ1n) is 7.53. The molecule has 0 fully saturated rings. The average molecular weight is 297 g/mol. The van der Waals surface area contributed by atoms with E-state index in [9.17, 15) is 0 Å². The summed E-state index contributed by atoms with van der Waals surface area (Å²) in [4.78, 5) is 4.20. The molecule has 0 saturated carbocycles. The normalized spacial score (nSPS) is 10.6. The van der Waals surface area contributed by atoms with Crippen molar-refractivity contribution in [3.8, 4) is 28.2 Å². The highest BCUT2D eigenvalue weighted by Crippen LogP contribution is 2.28. The van der Waals surface area contributed by atoms with E-state index in [-0.39, 0.29) is 0 Å². The predicted octanol–water partition coefficient (Wildman–Crippen LogP) is 4.60. The number of rotatable bonds is 3. The summed E-state index contributed by atoms with van der Waals surface area (Å²) in [5, 5.41) is 4.80. The monoisotopic (exact) mass is 297 g/mol. The second-order valence-corrected chi connectivity index (χ2v) is 5.27. The van der Waals surface area contributed by atoms with E-state index in [0.29, 0.717) is 0 Å². The van der Waals surface area contributed by atoms with E-state index in [2.05, 4.69) is 35.3 Å². The Morgan fingerprint density at radius 2 is 1.39 bits per heavy atom. The molecule has 2 aromatic heterocycles. The highest BCUT2D eigenvalue weighted by molar-refractivity contribution is 5.70. The summed E-state index contributed by atoms with van der Waals surface area (Å²) >= 11 is 0. The Kier molecular flexibility index (Phi) is 3.45. The molecule has 2 aromatic carbocycles. The second kappa shape index (κ2) is 5.89. The van der Waals surface area contributed by atoms with Crippen LogP contribution in [0.4, 0.5) is 0 Å². The van der Waals surface area contributed by atoms with Crippen LogP contribution >= 0.6 is 0 Å². The third-order valence-corrected chi connectivity index (χ3v) is 3.74. The van der Waals surface area contributed by atoms with Crippen LogP contribution in [0.15, 0.2) is 91.3 Å². The van der Waals surface area contributed by atoms with Gasteiger partial charge in [0.15, 0.2) is 0 Å². The van der Waals surface area contributed by atoms with E-state index in [0.717, 1.165) is 28.2 Å². The molecule has 0 bridgehead atoms. The molecule has 0 amide bonds. The molecule has 3 nitrogen and oxygen atoms in total. The van der Waals surface area contributed by atoms with E-state index in [4.69, 9.17) is 5.10 Å². The summed E-state index contributed by atoms with van der Waals surface area (Å²) in [7, 11) is 0. The van der Waals surface area contributed by atoms with Crippen LogP contribution in [0, 0.1) is 0 Å². The number of aromatic nitrogens is 3. The molecule has 0 aliphatic rings. The van der Waals surface area contributed by atoms with Gasteiger partial charge in [-0.25, -0.2) is 4.68 Å². The maximum atomic E-state index is 4.80. The minimum Gasteiger partial charge on any atom is -0.264 e. The fourth-order valence-corrected chi connectivity index (χ4v) is 2.62. The number of hydrogen-bond acceptors (Lipinski definition) is 2. The molecule has 0 saturated heterocycles. The van der Waals surface area contributed by atoms with Crippen molar-refractivity contribution in [1.29, 1.82) is 0 Å². The van der Waals surface area contributed by atoms with E-state index in [1.54, 1.807) is 6.20 Å². The van der Waals surface area contributed by atoms with Gasteiger partial charge in [-0.1, -0.05) is 48.5 Å². The summed E-state index contributed by atoms with van der Waals surface area (Å²) < 4.78 is 1.98. The highest BCUT2D eigenvalue weighted by atomic mass is 15.3. The average Bonchev–Trinajstić information content (AvgIpc) is 3.09. The zero-order chi connectivity index (χ0) is 15.5. The fraction of sp³-hybridized carbons (Fsp3) is 0. The summed E-state index contributed by atoms with van der Waals surface area (Å²) in [6, 6.07) is 26.6. The largest absolute Gasteiger partial charge is 0.264 e. The SMILES string of the molecule is c1ccc(-c2cc(-c3cccnc3)nn2-c2ccccc2)cc1. The van der Waals surface area contributed by atoms with Gasteiger partial charge in [-0.2, -0.15) is 5.10 Å². The molecule has 4 aromatic rings. The van der Waals surface area contributed by atoms with Gasteiger partial charge in [0.25, 0.3) is 0 Å². The number of pyridine rings is 1. The number of benzene rings is 2. The van der Waals surface area contributed by atoms with Gasteiger partial charge in [0.1, 0.15) is 0 Å². The fourth-order valence-electron chi connectivity index (χ4n) is 2.62. The molecule has 2 heterocycles. The predicted molar refractivity (Wildman–Crippen MR) is 92.2 cm³/mol. The molecule has 0 N–H and O–H groups in total. The quantitative estimate of drug-likeness (QED) is 0.553. The van der Waals surface area contributed by atoms with Crippen LogP contribution in [0.1, 0.15) is 0 Å². The lowest BCUT2D eigenvalue weighted by atomic mass is 10.1. The van der Waals surface area contributed by atoms with Crippen LogP contribution in [0.2, 0.25) is 0 Å². The van der Waals surface area contributed by atoms with Gasteiger partial charge in [-0.05, 0) is 30.3 Å². The standard InChI is InChI=1S/C20H15N3/c1-3-8-16(9-4-1)20-14-19(17-10-7-13-21-15-17)22-23(20)18-11-5-2-6-12-18/h1-15H. The van der Waals surface area contributed by atoms with Crippen LogP contribution in [0.25, 0.3) is 28.2 Å². The van der Waals surface area contributed by atoms with Crippen molar-refractivity contribution in [2.24, 2.45) is 0 Å². The molecule has 0 radical (unpaired) electrons. The Morgan fingerprint density at radius 1 is 0.696 bits per heavy atom. The molecule has 4 rings (SSSR count). The van der Waals surface area contributed by atoms with Gasteiger partial charge >= 0.3 is 0 Å². The van der Waals surface area contributed by atoms with Gasteiger partial charge in [0.05, 0.1) is 17.1 Å². The lowest BCUT2D eigenvalue weighted by molar-refractivity contribution is 0.891. The van der Waals surface area contributed by atoms with E-state index < -0.39 is 0 Å². The van der Waals surface area contributed by atoms with Gasteiger partial charge < -0.3 is 0 Å². The van der Waals surface area contributed by atoms with Crippen molar-refractivity contribution in [3.05, 3.63) is 91.3 Å². The number of nitrogens with zero attached hydrogens (tertiary/aromatic N) is 3. The summed E-state index contributed by atoms with van der Waals surface area (Å²) in [6.45, 7) is 0. The van der Waals surface area contributed by atoms with E-state index >= 15 is 0 Å². The van der Waals surface area contributed by atoms with Crippen molar-refractivity contribution in [1.82, 2.24) is 14.8 Å². The van der Waals surface area contributed by atoms with Crippen molar-refractivity contribution in [3.63, 3.8) is 0 Å². The molecule has 0 aliphatic carbocycles. The van der Waals surface area contributed by atoms with Gasteiger partial charge in [-0.3, -0.25) is 4.98 Å². The zero-order valence-electron chi connectivity index (χ0n) is 12.5. The molecular formula is C20H15N3. The van der Waals surface area contributed by atoms with Crippen LogP contribution < -0.4 is 0 Å².